The zero-order valence-electron chi connectivity index (χ0n) is 11.5. The van der Waals surface area contributed by atoms with Crippen molar-refractivity contribution >= 4 is 5.91 Å². The molecule has 0 fully saturated rings. The highest BCUT2D eigenvalue weighted by molar-refractivity contribution is 5.75. The van der Waals surface area contributed by atoms with Gasteiger partial charge in [-0.1, -0.05) is 6.07 Å². The maximum Gasteiger partial charge on any atom is 0.419 e. The lowest BCUT2D eigenvalue weighted by Crippen LogP contribution is -2.22. The molecule has 0 saturated heterocycles. The second-order valence-corrected chi connectivity index (χ2v) is 4.25. The van der Waals surface area contributed by atoms with Gasteiger partial charge < -0.3 is 20.5 Å². The van der Waals surface area contributed by atoms with Gasteiger partial charge in [0.05, 0.1) is 12.2 Å². The Bertz CT molecular complexity index is 478. The summed E-state index contributed by atoms with van der Waals surface area (Å²) in [6, 6.07) is 3.65. The minimum absolute atomic E-state index is 0.266. The summed E-state index contributed by atoms with van der Waals surface area (Å²) < 4.78 is 48.5. The van der Waals surface area contributed by atoms with Crippen molar-refractivity contribution in [2.45, 2.75) is 12.7 Å². The van der Waals surface area contributed by atoms with Crippen molar-refractivity contribution in [3.8, 4) is 5.75 Å². The number of nitrogens with two attached hydrogens (primary N) is 1. The molecule has 21 heavy (non-hydrogen) atoms. The molecule has 118 valence electrons. The van der Waals surface area contributed by atoms with E-state index in [2.05, 4.69) is 5.32 Å². The van der Waals surface area contributed by atoms with Crippen LogP contribution in [0.15, 0.2) is 18.2 Å². The van der Waals surface area contributed by atoms with Crippen LogP contribution in [0.3, 0.4) is 0 Å². The summed E-state index contributed by atoms with van der Waals surface area (Å²) in [5, 5.41) is 2.94. The standard InChI is InChI=1S/C13H17F3N2O3/c1-20-5-4-18-7-9-2-3-11(21-8-12(17)19)10(6-9)13(14,15)16/h2-3,6,18H,4-5,7-8H2,1H3,(H2,17,19). The van der Waals surface area contributed by atoms with Crippen LogP contribution >= 0.6 is 0 Å². The fourth-order valence-electron chi connectivity index (χ4n) is 1.59. The van der Waals surface area contributed by atoms with Crippen LogP contribution in [-0.4, -0.2) is 32.8 Å². The van der Waals surface area contributed by atoms with Gasteiger partial charge in [0.15, 0.2) is 6.61 Å². The van der Waals surface area contributed by atoms with Crippen LogP contribution in [0.25, 0.3) is 0 Å². The van der Waals surface area contributed by atoms with Crippen LogP contribution in [0, 0.1) is 0 Å². The molecule has 1 amide bonds. The quantitative estimate of drug-likeness (QED) is 0.710. The van der Waals surface area contributed by atoms with Gasteiger partial charge in [-0.25, -0.2) is 0 Å². The molecule has 0 bridgehead atoms. The van der Waals surface area contributed by atoms with Crippen LogP contribution < -0.4 is 15.8 Å². The molecule has 0 spiro atoms. The fourth-order valence-corrected chi connectivity index (χ4v) is 1.59. The first kappa shape index (κ1) is 17.3. The molecule has 3 N–H and O–H groups in total. The van der Waals surface area contributed by atoms with Crippen molar-refractivity contribution in [1.82, 2.24) is 5.32 Å². The van der Waals surface area contributed by atoms with E-state index in [9.17, 15) is 18.0 Å². The van der Waals surface area contributed by atoms with Gasteiger partial charge in [-0.2, -0.15) is 13.2 Å². The minimum atomic E-state index is -4.57. The molecular formula is C13H17F3N2O3. The number of rotatable bonds is 8. The first-order chi connectivity index (χ1) is 9.84. The topological polar surface area (TPSA) is 73.6 Å². The van der Waals surface area contributed by atoms with Gasteiger partial charge in [0.25, 0.3) is 5.91 Å². The third kappa shape index (κ3) is 6.01. The van der Waals surface area contributed by atoms with Crippen molar-refractivity contribution < 1.29 is 27.4 Å². The Labute approximate surface area is 120 Å². The summed E-state index contributed by atoms with van der Waals surface area (Å²) in [6.45, 7) is 0.654. The minimum Gasteiger partial charge on any atom is -0.483 e. The normalized spacial score (nSPS) is 11.4. The fraction of sp³-hybridized carbons (Fsp3) is 0.462. The SMILES string of the molecule is COCCNCc1ccc(OCC(N)=O)c(C(F)(F)F)c1. The zero-order valence-corrected chi connectivity index (χ0v) is 11.5. The predicted octanol–water partition coefficient (Wildman–Crippen LogP) is 1.31. The third-order valence-corrected chi connectivity index (χ3v) is 2.53. The van der Waals surface area contributed by atoms with Crippen molar-refractivity contribution in [2.24, 2.45) is 5.73 Å². The number of nitrogens with one attached hydrogen (secondary N) is 1. The van der Waals surface area contributed by atoms with E-state index in [1.54, 1.807) is 0 Å². The Balaban J connectivity index is 2.83. The van der Waals surface area contributed by atoms with Crippen molar-refractivity contribution in [2.75, 3.05) is 26.9 Å². The lowest BCUT2D eigenvalue weighted by molar-refractivity contribution is -0.139. The molecule has 1 aromatic rings. The summed E-state index contributed by atoms with van der Waals surface area (Å²) in [5.41, 5.74) is 4.37. The molecule has 0 aliphatic rings. The Kier molecular flexibility index (Phi) is 6.44. The highest BCUT2D eigenvalue weighted by Crippen LogP contribution is 2.36. The Hall–Kier alpha value is -1.80. The molecule has 1 rings (SSSR count). The van der Waals surface area contributed by atoms with Gasteiger partial charge in [0.1, 0.15) is 5.75 Å². The number of carbonyl (C=O) groups excluding carboxylic acids is 1. The molecule has 0 unspecified atom stereocenters. The third-order valence-electron chi connectivity index (χ3n) is 2.53. The molecule has 0 saturated carbocycles. The predicted molar refractivity (Wildman–Crippen MR) is 69.7 cm³/mol. The van der Waals surface area contributed by atoms with E-state index in [1.165, 1.54) is 19.2 Å². The van der Waals surface area contributed by atoms with Crippen LogP contribution in [0.5, 0.6) is 5.75 Å². The number of hydrogen-bond donors (Lipinski definition) is 2. The Morgan fingerprint density at radius 3 is 2.67 bits per heavy atom. The van der Waals surface area contributed by atoms with Gasteiger partial charge in [0.2, 0.25) is 0 Å². The van der Waals surface area contributed by atoms with E-state index in [0.29, 0.717) is 18.7 Å². The van der Waals surface area contributed by atoms with Gasteiger partial charge in [-0.15, -0.1) is 0 Å². The Morgan fingerprint density at radius 1 is 1.38 bits per heavy atom. The molecule has 0 aliphatic heterocycles. The zero-order chi connectivity index (χ0) is 15.9. The van der Waals surface area contributed by atoms with E-state index in [4.69, 9.17) is 15.2 Å². The molecule has 5 nitrogen and oxygen atoms in total. The molecular weight excluding hydrogens is 289 g/mol. The number of hydrogen-bond acceptors (Lipinski definition) is 4. The van der Waals surface area contributed by atoms with Crippen molar-refractivity contribution in [3.05, 3.63) is 29.3 Å². The molecule has 1 aromatic carbocycles. The number of methoxy groups -OCH3 is 1. The highest BCUT2D eigenvalue weighted by Gasteiger charge is 2.34. The second kappa shape index (κ2) is 7.84. The molecule has 0 heterocycles. The lowest BCUT2D eigenvalue weighted by Gasteiger charge is -2.15. The maximum atomic E-state index is 13.0. The molecule has 0 atom stereocenters. The summed E-state index contributed by atoms with van der Waals surface area (Å²) in [4.78, 5) is 10.6. The van der Waals surface area contributed by atoms with Gasteiger partial charge in [-0.3, -0.25) is 4.79 Å². The van der Waals surface area contributed by atoms with Crippen LogP contribution in [-0.2, 0) is 22.3 Å². The summed E-state index contributed by atoms with van der Waals surface area (Å²) in [5.74, 6) is -1.25. The number of primary amides is 1. The van der Waals surface area contributed by atoms with Crippen molar-refractivity contribution in [1.29, 1.82) is 0 Å². The van der Waals surface area contributed by atoms with Gasteiger partial charge in [0, 0.05) is 20.2 Å². The van der Waals surface area contributed by atoms with Crippen LogP contribution in [0.1, 0.15) is 11.1 Å². The lowest BCUT2D eigenvalue weighted by atomic mass is 10.1. The number of carbonyl (C=O) groups is 1. The van der Waals surface area contributed by atoms with Crippen LogP contribution in [0.4, 0.5) is 13.2 Å². The van der Waals surface area contributed by atoms with Gasteiger partial charge >= 0.3 is 6.18 Å². The smallest absolute Gasteiger partial charge is 0.419 e. The van der Waals surface area contributed by atoms with Crippen LogP contribution in [0.2, 0.25) is 0 Å². The number of alkyl halides is 3. The highest BCUT2D eigenvalue weighted by atomic mass is 19.4. The molecule has 8 heteroatoms. The number of ether oxygens (including phenoxy) is 2. The largest absolute Gasteiger partial charge is 0.483 e. The number of amides is 1. The second-order valence-electron chi connectivity index (χ2n) is 4.25. The first-order valence-electron chi connectivity index (χ1n) is 6.15. The summed E-state index contributed by atoms with van der Waals surface area (Å²) in [6.07, 6.45) is -4.57. The molecule has 0 radical (unpaired) electrons. The number of halogens is 3. The first-order valence-corrected chi connectivity index (χ1v) is 6.15. The molecule has 0 aromatic heterocycles. The van der Waals surface area contributed by atoms with E-state index < -0.39 is 30.0 Å². The maximum absolute atomic E-state index is 13.0. The molecule has 0 aliphatic carbocycles. The average molecular weight is 306 g/mol. The van der Waals surface area contributed by atoms with Crippen molar-refractivity contribution in [3.63, 3.8) is 0 Å². The van der Waals surface area contributed by atoms with E-state index in [1.807, 2.05) is 0 Å². The van der Waals surface area contributed by atoms with Gasteiger partial charge in [-0.05, 0) is 17.7 Å². The monoisotopic (exact) mass is 306 g/mol. The Morgan fingerprint density at radius 2 is 2.10 bits per heavy atom. The number of benzene rings is 1. The van der Waals surface area contributed by atoms with E-state index >= 15 is 0 Å². The van der Waals surface area contributed by atoms with E-state index in [-0.39, 0.29) is 6.54 Å². The summed E-state index contributed by atoms with van der Waals surface area (Å²) in [7, 11) is 1.54. The summed E-state index contributed by atoms with van der Waals surface area (Å²) >= 11 is 0. The van der Waals surface area contributed by atoms with E-state index in [0.717, 1.165) is 6.07 Å². The average Bonchev–Trinajstić information content (AvgIpc) is 2.41.